The van der Waals surface area contributed by atoms with Gasteiger partial charge in [0.1, 0.15) is 0 Å². The lowest BCUT2D eigenvalue weighted by Crippen LogP contribution is -2.43. The highest BCUT2D eigenvalue weighted by Gasteiger charge is 2.18. The predicted octanol–water partition coefficient (Wildman–Crippen LogP) is 1.21. The molecular formula is C13H19N3O2. The lowest BCUT2D eigenvalue weighted by molar-refractivity contribution is -0.130. The van der Waals surface area contributed by atoms with E-state index in [1.54, 1.807) is 14.0 Å². The monoisotopic (exact) mass is 249 g/mol. The summed E-state index contributed by atoms with van der Waals surface area (Å²) in [6.45, 7) is 1.72. The van der Waals surface area contributed by atoms with Gasteiger partial charge in [0.15, 0.2) is 5.84 Å². The Bertz CT molecular complexity index is 418. The van der Waals surface area contributed by atoms with Gasteiger partial charge in [-0.3, -0.25) is 4.79 Å². The summed E-state index contributed by atoms with van der Waals surface area (Å²) in [5, 5.41) is 11.5. The minimum absolute atomic E-state index is 0.0297. The number of aryl methyl sites for hydroxylation is 1. The molecule has 0 aliphatic rings. The number of benzene rings is 1. The van der Waals surface area contributed by atoms with Gasteiger partial charge in [-0.15, -0.1) is 0 Å². The molecule has 0 spiro atoms. The molecule has 3 N–H and O–H groups in total. The summed E-state index contributed by atoms with van der Waals surface area (Å²) < 4.78 is 0. The van der Waals surface area contributed by atoms with Gasteiger partial charge < -0.3 is 15.8 Å². The number of carbonyl (C=O) groups is 1. The van der Waals surface area contributed by atoms with Crippen LogP contribution in [-0.4, -0.2) is 34.9 Å². The van der Waals surface area contributed by atoms with Crippen molar-refractivity contribution >= 4 is 11.7 Å². The van der Waals surface area contributed by atoms with Gasteiger partial charge in [0.2, 0.25) is 5.91 Å². The maximum Gasteiger partial charge on any atom is 0.223 e. The van der Waals surface area contributed by atoms with Crippen LogP contribution in [0.5, 0.6) is 0 Å². The third kappa shape index (κ3) is 3.76. The summed E-state index contributed by atoms with van der Waals surface area (Å²) in [5.74, 6) is 0.00325. The fourth-order valence-corrected chi connectivity index (χ4v) is 1.57. The quantitative estimate of drug-likeness (QED) is 0.356. The lowest BCUT2D eigenvalue weighted by atomic mass is 10.1. The van der Waals surface area contributed by atoms with E-state index in [0.717, 1.165) is 5.56 Å². The van der Waals surface area contributed by atoms with E-state index in [1.807, 2.05) is 30.3 Å². The number of hydrogen-bond donors (Lipinski definition) is 2. The molecule has 0 aliphatic carbocycles. The molecular weight excluding hydrogens is 230 g/mol. The maximum atomic E-state index is 11.9. The molecule has 0 radical (unpaired) electrons. The Morgan fingerprint density at radius 2 is 2.06 bits per heavy atom. The van der Waals surface area contributed by atoms with Gasteiger partial charge >= 0.3 is 0 Å². The van der Waals surface area contributed by atoms with E-state index < -0.39 is 6.04 Å². The second kappa shape index (κ2) is 6.64. The zero-order chi connectivity index (χ0) is 13.5. The average Bonchev–Trinajstić information content (AvgIpc) is 2.43. The van der Waals surface area contributed by atoms with E-state index in [1.165, 1.54) is 4.90 Å². The number of amides is 1. The SMILES string of the molecule is CC(C(N)=NO)N(C)C(=O)CCc1ccccc1. The molecule has 0 bridgehead atoms. The fourth-order valence-electron chi connectivity index (χ4n) is 1.57. The van der Waals surface area contributed by atoms with Crippen LogP contribution in [-0.2, 0) is 11.2 Å². The van der Waals surface area contributed by atoms with E-state index in [9.17, 15) is 4.79 Å². The Hall–Kier alpha value is -2.04. The van der Waals surface area contributed by atoms with Crippen molar-refractivity contribution in [2.24, 2.45) is 10.9 Å². The highest BCUT2D eigenvalue weighted by atomic mass is 16.4. The standard InChI is InChI=1S/C13H19N3O2/c1-10(13(14)15-18)16(2)12(17)9-8-11-6-4-3-5-7-11/h3-7,10,18H,8-9H2,1-2H3,(H2,14,15). The molecule has 0 fully saturated rings. The third-order valence-corrected chi connectivity index (χ3v) is 2.99. The highest BCUT2D eigenvalue weighted by Crippen LogP contribution is 2.06. The van der Waals surface area contributed by atoms with Crippen LogP contribution in [0.1, 0.15) is 18.9 Å². The molecule has 1 unspecified atom stereocenters. The fraction of sp³-hybridized carbons (Fsp3) is 0.385. The van der Waals surface area contributed by atoms with Gasteiger partial charge in [-0.25, -0.2) is 0 Å². The Morgan fingerprint density at radius 3 is 2.61 bits per heavy atom. The first kappa shape index (κ1) is 14.0. The Balaban J connectivity index is 2.51. The number of amidine groups is 1. The van der Waals surface area contributed by atoms with E-state index >= 15 is 0 Å². The minimum Gasteiger partial charge on any atom is -0.409 e. The molecule has 0 aliphatic heterocycles. The number of nitrogens with zero attached hydrogens (tertiary/aromatic N) is 2. The van der Waals surface area contributed by atoms with Crippen molar-refractivity contribution < 1.29 is 10.0 Å². The number of carbonyl (C=O) groups excluding carboxylic acids is 1. The Labute approximate surface area is 107 Å². The predicted molar refractivity (Wildman–Crippen MR) is 70.4 cm³/mol. The molecule has 1 aromatic rings. The van der Waals surface area contributed by atoms with E-state index in [-0.39, 0.29) is 11.7 Å². The van der Waals surface area contributed by atoms with Gasteiger partial charge in [0.05, 0.1) is 6.04 Å². The van der Waals surface area contributed by atoms with Crippen LogP contribution in [0.15, 0.2) is 35.5 Å². The average molecular weight is 249 g/mol. The normalized spacial score (nSPS) is 13.1. The van der Waals surface area contributed by atoms with Crippen LogP contribution in [0.3, 0.4) is 0 Å². The zero-order valence-corrected chi connectivity index (χ0v) is 10.7. The van der Waals surface area contributed by atoms with Crippen LogP contribution in [0, 0.1) is 0 Å². The molecule has 1 aromatic carbocycles. The van der Waals surface area contributed by atoms with Crippen molar-refractivity contribution in [2.75, 3.05) is 7.05 Å². The largest absolute Gasteiger partial charge is 0.409 e. The van der Waals surface area contributed by atoms with Crippen molar-refractivity contribution in [1.29, 1.82) is 0 Å². The summed E-state index contributed by atoms with van der Waals surface area (Å²) in [5.41, 5.74) is 6.59. The second-order valence-electron chi connectivity index (χ2n) is 4.19. The molecule has 1 rings (SSSR count). The number of likely N-dealkylation sites (N-methyl/N-ethyl adjacent to an activating group) is 1. The van der Waals surface area contributed by atoms with Crippen molar-refractivity contribution in [3.05, 3.63) is 35.9 Å². The van der Waals surface area contributed by atoms with E-state index in [4.69, 9.17) is 10.9 Å². The minimum atomic E-state index is -0.404. The maximum absolute atomic E-state index is 11.9. The van der Waals surface area contributed by atoms with Crippen LogP contribution >= 0.6 is 0 Å². The van der Waals surface area contributed by atoms with Crippen LogP contribution in [0.4, 0.5) is 0 Å². The van der Waals surface area contributed by atoms with Crippen molar-refractivity contribution in [2.45, 2.75) is 25.8 Å². The molecule has 0 heterocycles. The van der Waals surface area contributed by atoms with Crippen molar-refractivity contribution in [3.63, 3.8) is 0 Å². The molecule has 0 aromatic heterocycles. The van der Waals surface area contributed by atoms with Crippen LogP contribution in [0.25, 0.3) is 0 Å². The first-order valence-corrected chi connectivity index (χ1v) is 5.83. The highest BCUT2D eigenvalue weighted by molar-refractivity contribution is 5.89. The topological polar surface area (TPSA) is 78.9 Å². The summed E-state index contributed by atoms with van der Waals surface area (Å²) in [7, 11) is 1.65. The van der Waals surface area contributed by atoms with Gasteiger partial charge in [0, 0.05) is 13.5 Å². The lowest BCUT2D eigenvalue weighted by Gasteiger charge is -2.23. The summed E-state index contributed by atoms with van der Waals surface area (Å²) >= 11 is 0. The first-order chi connectivity index (χ1) is 8.56. The van der Waals surface area contributed by atoms with Crippen LogP contribution in [0.2, 0.25) is 0 Å². The molecule has 1 amide bonds. The molecule has 98 valence electrons. The number of oxime groups is 1. The molecule has 0 saturated carbocycles. The molecule has 5 nitrogen and oxygen atoms in total. The number of hydrogen-bond acceptors (Lipinski definition) is 3. The number of nitrogens with two attached hydrogens (primary N) is 1. The molecule has 5 heteroatoms. The van der Waals surface area contributed by atoms with Crippen molar-refractivity contribution in [1.82, 2.24) is 4.90 Å². The molecule has 1 atom stereocenters. The zero-order valence-electron chi connectivity index (χ0n) is 10.7. The second-order valence-corrected chi connectivity index (χ2v) is 4.19. The first-order valence-electron chi connectivity index (χ1n) is 5.83. The van der Waals surface area contributed by atoms with Gasteiger partial charge in [-0.05, 0) is 18.9 Å². The van der Waals surface area contributed by atoms with Gasteiger partial charge in [-0.2, -0.15) is 0 Å². The summed E-state index contributed by atoms with van der Waals surface area (Å²) in [4.78, 5) is 13.4. The van der Waals surface area contributed by atoms with Crippen molar-refractivity contribution in [3.8, 4) is 0 Å². The van der Waals surface area contributed by atoms with Gasteiger partial charge in [0.25, 0.3) is 0 Å². The van der Waals surface area contributed by atoms with E-state index in [2.05, 4.69) is 5.16 Å². The van der Waals surface area contributed by atoms with Crippen LogP contribution < -0.4 is 5.73 Å². The van der Waals surface area contributed by atoms with E-state index in [0.29, 0.717) is 12.8 Å². The third-order valence-electron chi connectivity index (χ3n) is 2.99. The Kier molecular flexibility index (Phi) is 5.17. The smallest absolute Gasteiger partial charge is 0.223 e. The molecule has 0 saturated heterocycles. The van der Waals surface area contributed by atoms with Gasteiger partial charge in [-0.1, -0.05) is 35.5 Å². The molecule has 18 heavy (non-hydrogen) atoms. The number of rotatable bonds is 5. The summed E-state index contributed by atoms with van der Waals surface area (Å²) in [6, 6.07) is 9.40. The summed E-state index contributed by atoms with van der Waals surface area (Å²) in [6.07, 6.45) is 1.09. The Morgan fingerprint density at radius 1 is 1.44 bits per heavy atom.